The molecule has 3 heteroatoms. The van der Waals surface area contributed by atoms with Gasteiger partial charge in [-0.1, -0.05) is 44.2 Å². The fraction of sp³-hybridized carbons (Fsp3) is 0.588. The van der Waals surface area contributed by atoms with E-state index in [1.807, 2.05) is 6.07 Å². The molecular formula is C17H28N2O. The molecule has 0 aromatic heterocycles. The van der Waals surface area contributed by atoms with Gasteiger partial charge < -0.3 is 10.6 Å². The van der Waals surface area contributed by atoms with Gasteiger partial charge in [0, 0.05) is 18.5 Å². The minimum Gasteiger partial charge on any atom is -0.354 e. The molecule has 20 heavy (non-hydrogen) atoms. The summed E-state index contributed by atoms with van der Waals surface area (Å²) >= 11 is 0. The SMILES string of the molecule is CC(C)NCCCC(=O)NC(C)CCc1ccccc1. The van der Waals surface area contributed by atoms with E-state index >= 15 is 0 Å². The third-order valence-corrected chi connectivity index (χ3v) is 3.25. The van der Waals surface area contributed by atoms with E-state index in [4.69, 9.17) is 0 Å². The van der Waals surface area contributed by atoms with Crippen LogP contribution in [0.1, 0.15) is 45.6 Å². The zero-order valence-corrected chi connectivity index (χ0v) is 13.0. The largest absolute Gasteiger partial charge is 0.354 e. The summed E-state index contributed by atoms with van der Waals surface area (Å²) in [6, 6.07) is 11.1. The van der Waals surface area contributed by atoms with Gasteiger partial charge in [0.2, 0.25) is 5.91 Å². The van der Waals surface area contributed by atoms with Gasteiger partial charge in [-0.2, -0.15) is 0 Å². The molecule has 1 aromatic carbocycles. The standard InChI is InChI=1S/C17H28N2O/c1-14(2)18-13-7-10-17(20)19-15(3)11-12-16-8-5-4-6-9-16/h4-6,8-9,14-15,18H,7,10-13H2,1-3H3,(H,19,20). The number of hydrogen-bond donors (Lipinski definition) is 2. The van der Waals surface area contributed by atoms with Crippen molar-refractivity contribution in [1.82, 2.24) is 10.6 Å². The Balaban J connectivity index is 2.12. The van der Waals surface area contributed by atoms with E-state index in [0.717, 1.165) is 25.8 Å². The maximum atomic E-state index is 11.8. The molecule has 3 nitrogen and oxygen atoms in total. The molecule has 0 fully saturated rings. The molecule has 0 aliphatic carbocycles. The van der Waals surface area contributed by atoms with E-state index in [-0.39, 0.29) is 11.9 Å². The summed E-state index contributed by atoms with van der Waals surface area (Å²) in [5.74, 6) is 0.163. The Morgan fingerprint density at radius 3 is 2.50 bits per heavy atom. The summed E-state index contributed by atoms with van der Waals surface area (Å²) in [5, 5.41) is 6.39. The Hall–Kier alpha value is -1.35. The monoisotopic (exact) mass is 276 g/mol. The fourth-order valence-electron chi connectivity index (χ4n) is 2.09. The van der Waals surface area contributed by atoms with Crippen LogP contribution in [-0.4, -0.2) is 24.5 Å². The second-order valence-corrected chi connectivity index (χ2v) is 5.71. The lowest BCUT2D eigenvalue weighted by atomic mass is 10.1. The molecule has 0 spiro atoms. The number of nitrogens with one attached hydrogen (secondary N) is 2. The van der Waals surface area contributed by atoms with Gasteiger partial charge in [-0.25, -0.2) is 0 Å². The molecule has 1 rings (SSSR count). The molecule has 1 atom stereocenters. The van der Waals surface area contributed by atoms with Gasteiger partial charge in [0.15, 0.2) is 0 Å². The van der Waals surface area contributed by atoms with Gasteiger partial charge in [-0.05, 0) is 38.3 Å². The Morgan fingerprint density at radius 1 is 1.15 bits per heavy atom. The van der Waals surface area contributed by atoms with Crippen LogP contribution in [0.5, 0.6) is 0 Å². The Bertz CT molecular complexity index is 376. The van der Waals surface area contributed by atoms with Gasteiger partial charge in [0.25, 0.3) is 0 Å². The predicted molar refractivity (Wildman–Crippen MR) is 84.7 cm³/mol. The van der Waals surface area contributed by atoms with Crippen molar-refractivity contribution in [2.75, 3.05) is 6.54 Å². The minimum atomic E-state index is 0.163. The Morgan fingerprint density at radius 2 is 1.85 bits per heavy atom. The third-order valence-electron chi connectivity index (χ3n) is 3.25. The van der Waals surface area contributed by atoms with Crippen molar-refractivity contribution in [2.24, 2.45) is 0 Å². The first-order valence-electron chi connectivity index (χ1n) is 7.64. The van der Waals surface area contributed by atoms with Crippen LogP contribution >= 0.6 is 0 Å². The molecule has 0 saturated heterocycles. The van der Waals surface area contributed by atoms with Crippen LogP contribution in [0.25, 0.3) is 0 Å². The van der Waals surface area contributed by atoms with Crippen molar-refractivity contribution in [3.63, 3.8) is 0 Å². The van der Waals surface area contributed by atoms with Gasteiger partial charge in [-0.15, -0.1) is 0 Å². The number of benzene rings is 1. The molecule has 0 radical (unpaired) electrons. The molecule has 2 N–H and O–H groups in total. The molecule has 1 aromatic rings. The van der Waals surface area contributed by atoms with Gasteiger partial charge in [-0.3, -0.25) is 4.79 Å². The summed E-state index contributed by atoms with van der Waals surface area (Å²) in [7, 11) is 0. The highest BCUT2D eigenvalue weighted by Crippen LogP contribution is 2.05. The van der Waals surface area contributed by atoms with Crippen LogP contribution in [0, 0.1) is 0 Å². The Kier molecular flexibility index (Phi) is 7.97. The number of aryl methyl sites for hydroxylation is 1. The lowest BCUT2D eigenvalue weighted by Gasteiger charge is -2.14. The summed E-state index contributed by atoms with van der Waals surface area (Å²) in [4.78, 5) is 11.8. The van der Waals surface area contributed by atoms with Crippen molar-refractivity contribution in [2.45, 2.75) is 58.5 Å². The Labute approximate surface area is 123 Å². The van der Waals surface area contributed by atoms with Gasteiger partial charge >= 0.3 is 0 Å². The van der Waals surface area contributed by atoms with Crippen LogP contribution in [0.3, 0.4) is 0 Å². The van der Waals surface area contributed by atoms with Crippen molar-refractivity contribution in [1.29, 1.82) is 0 Å². The zero-order chi connectivity index (χ0) is 14.8. The zero-order valence-electron chi connectivity index (χ0n) is 13.0. The molecule has 0 saturated carbocycles. The summed E-state index contributed by atoms with van der Waals surface area (Å²) < 4.78 is 0. The molecule has 112 valence electrons. The molecule has 1 unspecified atom stereocenters. The highest BCUT2D eigenvalue weighted by Gasteiger charge is 2.07. The number of rotatable bonds is 9. The predicted octanol–water partition coefficient (Wildman–Crippen LogP) is 2.90. The van der Waals surface area contributed by atoms with Crippen LogP contribution in [0.4, 0.5) is 0 Å². The van der Waals surface area contributed by atoms with Crippen molar-refractivity contribution < 1.29 is 4.79 Å². The first-order valence-corrected chi connectivity index (χ1v) is 7.64. The minimum absolute atomic E-state index is 0.163. The van der Waals surface area contributed by atoms with E-state index in [0.29, 0.717) is 12.5 Å². The molecule has 0 bridgehead atoms. The summed E-state index contributed by atoms with van der Waals surface area (Å²) in [6.07, 6.45) is 3.50. The fourth-order valence-corrected chi connectivity index (χ4v) is 2.09. The normalized spacial score (nSPS) is 12.4. The topological polar surface area (TPSA) is 41.1 Å². The maximum absolute atomic E-state index is 11.8. The quantitative estimate of drug-likeness (QED) is 0.681. The number of carbonyl (C=O) groups is 1. The van der Waals surface area contributed by atoms with Gasteiger partial charge in [0.05, 0.1) is 0 Å². The highest BCUT2D eigenvalue weighted by atomic mass is 16.1. The molecule has 1 amide bonds. The number of amides is 1. The van der Waals surface area contributed by atoms with Crippen molar-refractivity contribution >= 4 is 5.91 Å². The van der Waals surface area contributed by atoms with Gasteiger partial charge in [0.1, 0.15) is 0 Å². The van der Waals surface area contributed by atoms with Crippen LogP contribution in [0.15, 0.2) is 30.3 Å². The van der Waals surface area contributed by atoms with Crippen LogP contribution < -0.4 is 10.6 Å². The van der Waals surface area contributed by atoms with Crippen molar-refractivity contribution in [3.8, 4) is 0 Å². The smallest absolute Gasteiger partial charge is 0.220 e. The lowest BCUT2D eigenvalue weighted by Crippen LogP contribution is -2.33. The molecular weight excluding hydrogens is 248 g/mol. The first kappa shape index (κ1) is 16.7. The second-order valence-electron chi connectivity index (χ2n) is 5.71. The van der Waals surface area contributed by atoms with E-state index in [1.54, 1.807) is 0 Å². The third kappa shape index (κ3) is 7.95. The highest BCUT2D eigenvalue weighted by molar-refractivity contribution is 5.76. The van der Waals surface area contributed by atoms with Crippen LogP contribution in [-0.2, 0) is 11.2 Å². The lowest BCUT2D eigenvalue weighted by molar-refractivity contribution is -0.121. The summed E-state index contributed by atoms with van der Waals surface area (Å²) in [5.41, 5.74) is 1.33. The number of carbonyl (C=O) groups excluding carboxylic acids is 1. The average molecular weight is 276 g/mol. The average Bonchev–Trinajstić information content (AvgIpc) is 2.42. The van der Waals surface area contributed by atoms with E-state index in [2.05, 4.69) is 55.7 Å². The molecule has 0 aliphatic heterocycles. The van der Waals surface area contributed by atoms with E-state index in [1.165, 1.54) is 5.56 Å². The maximum Gasteiger partial charge on any atom is 0.220 e. The molecule has 0 heterocycles. The molecule has 0 aliphatic rings. The van der Waals surface area contributed by atoms with E-state index in [9.17, 15) is 4.79 Å². The first-order chi connectivity index (χ1) is 9.58. The summed E-state index contributed by atoms with van der Waals surface area (Å²) in [6.45, 7) is 7.22. The van der Waals surface area contributed by atoms with Crippen molar-refractivity contribution in [3.05, 3.63) is 35.9 Å². The number of hydrogen-bond acceptors (Lipinski definition) is 2. The second kappa shape index (κ2) is 9.54. The van der Waals surface area contributed by atoms with E-state index < -0.39 is 0 Å². The van der Waals surface area contributed by atoms with Crippen LogP contribution in [0.2, 0.25) is 0 Å².